The third-order valence-electron chi connectivity index (χ3n) is 8.11. The number of β-amino-alcohol motifs (C(OH)–C–C–N with tert-alkyl or cyclic N) is 1. The van der Waals surface area contributed by atoms with Gasteiger partial charge in [-0.2, -0.15) is 0 Å². The summed E-state index contributed by atoms with van der Waals surface area (Å²) in [6, 6.07) is 9.28. The fourth-order valence-electron chi connectivity index (χ4n) is 6.30. The number of carbonyl (C=O) groups excluding carboxylic acids is 1. The van der Waals surface area contributed by atoms with Crippen molar-refractivity contribution in [3.63, 3.8) is 0 Å². The summed E-state index contributed by atoms with van der Waals surface area (Å²) in [4.78, 5) is 17.5. The molecule has 5 rings (SSSR count). The molecular formula is C25H36N2O3. The van der Waals surface area contributed by atoms with E-state index in [0.29, 0.717) is 23.7 Å². The molecule has 1 aliphatic carbocycles. The van der Waals surface area contributed by atoms with Gasteiger partial charge in [-0.25, -0.2) is 0 Å². The molecule has 1 saturated carbocycles. The zero-order valence-electron chi connectivity index (χ0n) is 18.0. The van der Waals surface area contributed by atoms with Crippen molar-refractivity contribution in [2.45, 2.75) is 50.5 Å². The minimum absolute atomic E-state index is 0.132. The summed E-state index contributed by atoms with van der Waals surface area (Å²) in [5, 5.41) is 9.68. The number of aliphatic hydroxyl groups is 1. The van der Waals surface area contributed by atoms with Gasteiger partial charge in [0.05, 0.1) is 6.10 Å². The summed E-state index contributed by atoms with van der Waals surface area (Å²) >= 11 is 0. The van der Waals surface area contributed by atoms with E-state index in [9.17, 15) is 9.90 Å². The van der Waals surface area contributed by atoms with Crippen molar-refractivity contribution in [1.29, 1.82) is 0 Å². The van der Waals surface area contributed by atoms with Gasteiger partial charge in [-0.15, -0.1) is 0 Å². The smallest absolute Gasteiger partial charge is 0.225 e. The maximum absolute atomic E-state index is 13.0. The Bertz CT molecular complexity index is 730. The number of likely N-dealkylation sites (tertiary alicyclic amines) is 2. The Balaban J connectivity index is 1.17. The van der Waals surface area contributed by atoms with Crippen LogP contribution in [0.25, 0.3) is 0 Å². The second kappa shape index (κ2) is 8.97. The number of aliphatic hydroxyl groups excluding tert-OH is 1. The summed E-state index contributed by atoms with van der Waals surface area (Å²) in [7, 11) is 0. The molecule has 4 fully saturated rings. The number of amides is 1. The van der Waals surface area contributed by atoms with Crippen LogP contribution in [0.2, 0.25) is 0 Å². The third-order valence-corrected chi connectivity index (χ3v) is 8.11. The van der Waals surface area contributed by atoms with Crippen LogP contribution in [0.4, 0.5) is 0 Å². The second-order valence-corrected chi connectivity index (χ2v) is 9.97. The largest absolute Gasteiger partial charge is 0.392 e. The predicted molar refractivity (Wildman–Crippen MR) is 116 cm³/mol. The SMILES string of the molecule is O=C(C1CCOCC1)N1C[C@H]2CC[C@@H](c3ccc(CCN4CC[C@@H](O)C4)cc3)[C@H]2C1. The highest BCUT2D eigenvalue weighted by atomic mass is 16.5. The normalized spacial score (nSPS) is 32.6. The quantitative estimate of drug-likeness (QED) is 0.808. The molecule has 164 valence electrons. The van der Waals surface area contributed by atoms with Crippen LogP contribution in [-0.2, 0) is 16.0 Å². The molecule has 3 aliphatic heterocycles. The van der Waals surface area contributed by atoms with E-state index in [1.165, 1.54) is 24.0 Å². The van der Waals surface area contributed by atoms with Crippen LogP contribution in [0.5, 0.6) is 0 Å². The lowest BCUT2D eigenvalue weighted by atomic mass is 9.86. The van der Waals surface area contributed by atoms with Crippen molar-refractivity contribution < 1.29 is 14.6 Å². The molecule has 0 radical (unpaired) electrons. The first kappa shape index (κ1) is 20.5. The number of hydrogen-bond acceptors (Lipinski definition) is 4. The van der Waals surface area contributed by atoms with E-state index < -0.39 is 0 Å². The Hall–Kier alpha value is -1.43. The van der Waals surface area contributed by atoms with Gasteiger partial charge in [-0.05, 0) is 67.4 Å². The zero-order valence-corrected chi connectivity index (χ0v) is 18.0. The highest BCUT2D eigenvalue weighted by molar-refractivity contribution is 5.79. The number of fused-ring (bicyclic) bond motifs is 1. The van der Waals surface area contributed by atoms with Crippen LogP contribution < -0.4 is 0 Å². The van der Waals surface area contributed by atoms with Crippen molar-refractivity contribution >= 4 is 5.91 Å². The Morgan fingerprint density at radius 3 is 2.53 bits per heavy atom. The van der Waals surface area contributed by atoms with Crippen LogP contribution in [0.3, 0.4) is 0 Å². The lowest BCUT2D eigenvalue weighted by molar-refractivity contribution is -0.137. The second-order valence-electron chi connectivity index (χ2n) is 9.97. The number of rotatable bonds is 5. The number of hydrogen-bond donors (Lipinski definition) is 1. The molecule has 5 heteroatoms. The summed E-state index contributed by atoms with van der Waals surface area (Å²) < 4.78 is 5.44. The molecule has 1 aromatic carbocycles. The summed E-state index contributed by atoms with van der Waals surface area (Å²) in [5.41, 5.74) is 2.85. The summed E-state index contributed by atoms with van der Waals surface area (Å²) in [5.74, 6) is 2.48. The maximum atomic E-state index is 13.0. The molecule has 0 bridgehead atoms. The first-order chi connectivity index (χ1) is 14.7. The first-order valence-corrected chi connectivity index (χ1v) is 12.0. The monoisotopic (exact) mass is 412 g/mol. The molecule has 0 unspecified atom stereocenters. The standard InChI is InChI=1S/C25H36N2O3/c28-22-8-12-26(16-22)11-7-18-1-3-19(4-2-18)23-6-5-21-15-27(17-24(21)23)25(29)20-9-13-30-14-10-20/h1-4,20-24,28H,5-17H2/t21-,22-,23+,24+/m1/s1. The highest BCUT2D eigenvalue weighted by Crippen LogP contribution is 2.48. The van der Waals surface area contributed by atoms with Crippen molar-refractivity contribution in [3.8, 4) is 0 Å². The predicted octanol–water partition coefficient (Wildman–Crippen LogP) is 2.67. The van der Waals surface area contributed by atoms with Gasteiger partial charge in [0, 0.05) is 51.9 Å². The molecule has 1 N–H and O–H groups in total. The zero-order chi connectivity index (χ0) is 20.5. The van der Waals surface area contributed by atoms with Crippen molar-refractivity contribution in [2.75, 3.05) is 45.9 Å². The van der Waals surface area contributed by atoms with E-state index in [1.807, 2.05) is 0 Å². The summed E-state index contributed by atoms with van der Waals surface area (Å²) in [6.45, 7) is 6.28. The van der Waals surface area contributed by atoms with Gasteiger partial charge in [-0.1, -0.05) is 24.3 Å². The topological polar surface area (TPSA) is 53.0 Å². The number of benzene rings is 1. The van der Waals surface area contributed by atoms with Gasteiger partial charge < -0.3 is 19.6 Å². The molecular weight excluding hydrogens is 376 g/mol. The van der Waals surface area contributed by atoms with E-state index in [0.717, 1.165) is 71.6 Å². The van der Waals surface area contributed by atoms with Gasteiger partial charge >= 0.3 is 0 Å². The molecule has 1 amide bonds. The molecule has 3 heterocycles. The molecule has 3 saturated heterocycles. The fraction of sp³-hybridized carbons (Fsp3) is 0.720. The minimum Gasteiger partial charge on any atom is -0.392 e. The maximum Gasteiger partial charge on any atom is 0.225 e. The molecule has 0 aromatic heterocycles. The number of ether oxygens (including phenoxy) is 1. The molecule has 30 heavy (non-hydrogen) atoms. The van der Waals surface area contributed by atoms with E-state index in [1.54, 1.807) is 0 Å². The van der Waals surface area contributed by atoms with Crippen molar-refractivity contribution in [2.24, 2.45) is 17.8 Å². The van der Waals surface area contributed by atoms with Crippen LogP contribution in [0, 0.1) is 17.8 Å². The fourth-order valence-corrected chi connectivity index (χ4v) is 6.30. The Morgan fingerprint density at radius 2 is 1.80 bits per heavy atom. The Labute approximate surface area is 180 Å². The Morgan fingerprint density at radius 1 is 1.00 bits per heavy atom. The van der Waals surface area contributed by atoms with Gasteiger partial charge in [0.25, 0.3) is 0 Å². The van der Waals surface area contributed by atoms with Gasteiger partial charge in [0.15, 0.2) is 0 Å². The number of nitrogens with zero attached hydrogens (tertiary/aromatic N) is 2. The molecule has 5 nitrogen and oxygen atoms in total. The van der Waals surface area contributed by atoms with Gasteiger partial charge in [-0.3, -0.25) is 4.79 Å². The van der Waals surface area contributed by atoms with Crippen LogP contribution >= 0.6 is 0 Å². The van der Waals surface area contributed by atoms with E-state index in [4.69, 9.17) is 4.74 Å². The molecule has 0 spiro atoms. The third kappa shape index (κ3) is 4.30. The van der Waals surface area contributed by atoms with E-state index in [-0.39, 0.29) is 12.0 Å². The van der Waals surface area contributed by atoms with Gasteiger partial charge in [0.1, 0.15) is 0 Å². The highest BCUT2D eigenvalue weighted by Gasteiger charge is 2.45. The van der Waals surface area contributed by atoms with Crippen molar-refractivity contribution in [3.05, 3.63) is 35.4 Å². The lowest BCUT2D eigenvalue weighted by Gasteiger charge is -2.27. The molecule has 4 aliphatic rings. The van der Waals surface area contributed by atoms with E-state index in [2.05, 4.69) is 34.1 Å². The average Bonchev–Trinajstić information content (AvgIpc) is 3.48. The summed E-state index contributed by atoms with van der Waals surface area (Å²) in [6.07, 6.45) is 6.14. The van der Waals surface area contributed by atoms with E-state index >= 15 is 0 Å². The van der Waals surface area contributed by atoms with Crippen molar-refractivity contribution in [1.82, 2.24) is 9.80 Å². The molecule has 4 atom stereocenters. The lowest BCUT2D eigenvalue weighted by Crippen LogP contribution is -2.37. The van der Waals surface area contributed by atoms with Crippen LogP contribution in [0.1, 0.15) is 49.1 Å². The van der Waals surface area contributed by atoms with Gasteiger partial charge in [0.2, 0.25) is 5.91 Å². The van der Waals surface area contributed by atoms with Crippen LogP contribution in [0.15, 0.2) is 24.3 Å². The van der Waals surface area contributed by atoms with Crippen LogP contribution in [-0.4, -0.2) is 72.9 Å². The molecule has 1 aromatic rings. The number of carbonyl (C=O) groups is 1. The first-order valence-electron chi connectivity index (χ1n) is 12.0. The Kier molecular flexibility index (Phi) is 6.12. The average molecular weight is 413 g/mol. The minimum atomic E-state index is -0.132.